The fraction of sp³-hybridized carbons (Fsp3) is 0.333. The normalized spacial score (nSPS) is 12.1. The van der Waals surface area contributed by atoms with Crippen LogP contribution < -0.4 is 10.1 Å². The van der Waals surface area contributed by atoms with E-state index in [4.69, 9.17) is 9.47 Å². The van der Waals surface area contributed by atoms with Gasteiger partial charge in [0.2, 0.25) is 0 Å². The molecule has 112 valence electrons. The Morgan fingerprint density at radius 1 is 1.00 bits per heavy atom. The summed E-state index contributed by atoms with van der Waals surface area (Å²) in [5.41, 5.74) is 2.41. The van der Waals surface area contributed by atoms with E-state index in [0.717, 1.165) is 17.9 Å². The van der Waals surface area contributed by atoms with Crippen molar-refractivity contribution in [1.82, 2.24) is 5.32 Å². The van der Waals surface area contributed by atoms with Crippen molar-refractivity contribution in [3.8, 4) is 5.75 Å². The molecule has 2 rings (SSSR count). The van der Waals surface area contributed by atoms with Crippen LogP contribution in [0.15, 0.2) is 54.6 Å². The summed E-state index contributed by atoms with van der Waals surface area (Å²) >= 11 is 0. The van der Waals surface area contributed by atoms with Crippen molar-refractivity contribution >= 4 is 0 Å². The highest BCUT2D eigenvalue weighted by atomic mass is 16.7. The van der Waals surface area contributed by atoms with Gasteiger partial charge in [0, 0.05) is 6.04 Å². The first-order valence-electron chi connectivity index (χ1n) is 7.37. The minimum absolute atomic E-state index is 0.261. The van der Waals surface area contributed by atoms with Crippen LogP contribution in [0.25, 0.3) is 0 Å². The Labute approximate surface area is 126 Å². The van der Waals surface area contributed by atoms with Crippen LogP contribution in [0, 0.1) is 0 Å². The van der Waals surface area contributed by atoms with Gasteiger partial charge in [-0.1, -0.05) is 49.4 Å². The van der Waals surface area contributed by atoms with Gasteiger partial charge in [0.1, 0.15) is 5.75 Å². The number of hydrogen-bond donors (Lipinski definition) is 1. The van der Waals surface area contributed by atoms with E-state index in [9.17, 15) is 0 Å². The molecule has 0 heterocycles. The molecule has 0 radical (unpaired) electrons. The van der Waals surface area contributed by atoms with Gasteiger partial charge < -0.3 is 14.8 Å². The molecular formula is C18H23NO2. The van der Waals surface area contributed by atoms with Crippen molar-refractivity contribution in [2.24, 2.45) is 0 Å². The van der Waals surface area contributed by atoms with Crippen molar-refractivity contribution < 1.29 is 9.47 Å². The number of hydrogen-bond acceptors (Lipinski definition) is 3. The third kappa shape index (κ3) is 5.21. The van der Waals surface area contributed by atoms with Gasteiger partial charge in [0.15, 0.2) is 6.79 Å². The minimum atomic E-state index is 0.261. The first kappa shape index (κ1) is 15.5. The highest BCUT2D eigenvalue weighted by Gasteiger charge is 2.03. The molecule has 0 bridgehead atoms. The topological polar surface area (TPSA) is 30.5 Å². The largest absolute Gasteiger partial charge is 0.468 e. The lowest BCUT2D eigenvalue weighted by Gasteiger charge is -2.13. The predicted octanol–water partition coefficient (Wildman–Crippen LogP) is 3.91. The van der Waals surface area contributed by atoms with Crippen LogP contribution in [0.4, 0.5) is 0 Å². The zero-order valence-electron chi connectivity index (χ0n) is 12.7. The predicted molar refractivity (Wildman–Crippen MR) is 85.3 cm³/mol. The lowest BCUT2D eigenvalue weighted by atomic mass is 10.1. The maximum atomic E-state index is 5.58. The molecule has 1 N–H and O–H groups in total. The summed E-state index contributed by atoms with van der Waals surface area (Å²) in [6, 6.07) is 18.6. The molecule has 0 fully saturated rings. The first-order chi connectivity index (χ1) is 10.3. The monoisotopic (exact) mass is 285 g/mol. The summed E-state index contributed by atoms with van der Waals surface area (Å²) in [6.07, 6.45) is 0. The summed E-state index contributed by atoms with van der Waals surface area (Å²) in [5.74, 6) is 0.829. The third-order valence-electron chi connectivity index (χ3n) is 3.31. The molecule has 0 aliphatic carbocycles. The Hall–Kier alpha value is -1.84. The van der Waals surface area contributed by atoms with Crippen LogP contribution in [0.3, 0.4) is 0 Å². The number of ether oxygens (including phenoxy) is 2. The van der Waals surface area contributed by atoms with Gasteiger partial charge in [-0.05, 0) is 36.7 Å². The Morgan fingerprint density at radius 2 is 1.71 bits per heavy atom. The standard InChI is InChI=1S/C18H23NO2/c1-3-19-15(2)17-9-11-18(12-10-17)21-14-20-13-16-7-5-4-6-8-16/h4-12,15,19H,3,13-14H2,1-2H3. The summed E-state index contributed by atoms with van der Waals surface area (Å²) < 4.78 is 11.1. The van der Waals surface area contributed by atoms with Crippen molar-refractivity contribution in [3.05, 3.63) is 65.7 Å². The smallest absolute Gasteiger partial charge is 0.189 e. The van der Waals surface area contributed by atoms with E-state index < -0.39 is 0 Å². The van der Waals surface area contributed by atoms with E-state index in [1.54, 1.807) is 0 Å². The molecule has 21 heavy (non-hydrogen) atoms. The van der Waals surface area contributed by atoms with Crippen LogP contribution in [-0.2, 0) is 11.3 Å². The van der Waals surface area contributed by atoms with Gasteiger partial charge in [0.25, 0.3) is 0 Å². The molecule has 2 aromatic rings. The highest BCUT2D eigenvalue weighted by molar-refractivity contribution is 5.28. The fourth-order valence-corrected chi connectivity index (χ4v) is 2.12. The Morgan fingerprint density at radius 3 is 2.38 bits per heavy atom. The van der Waals surface area contributed by atoms with E-state index in [0.29, 0.717) is 12.6 Å². The van der Waals surface area contributed by atoms with Gasteiger partial charge in [-0.2, -0.15) is 0 Å². The van der Waals surface area contributed by atoms with Gasteiger partial charge >= 0.3 is 0 Å². The summed E-state index contributed by atoms with van der Waals surface area (Å²) in [5, 5.41) is 3.39. The molecular weight excluding hydrogens is 262 g/mol. The van der Waals surface area contributed by atoms with E-state index in [2.05, 4.69) is 31.3 Å². The molecule has 3 heteroatoms. The van der Waals surface area contributed by atoms with Crippen LogP contribution in [-0.4, -0.2) is 13.3 Å². The summed E-state index contributed by atoms with van der Waals surface area (Å²) in [7, 11) is 0. The molecule has 0 aliphatic rings. The van der Waals surface area contributed by atoms with Crippen molar-refractivity contribution in [3.63, 3.8) is 0 Å². The zero-order valence-corrected chi connectivity index (χ0v) is 12.7. The lowest BCUT2D eigenvalue weighted by molar-refractivity contribution is 0.00503. The Bertz CT molecular complexity index is 511. The van der Waals surface area contributed by atoms with Crippen molar-refractivity contribution in [1.29, 1.82) is 0 Å². The maximum Gasteiger partial charge on any atom is 0.189 e. The molecule has 1 atom stereocenters. The second kappa shape index (κ2) is 8.45. The van der Waals surface area contributed by atoms with Gasteiger partial charge in [-0.15, -0.1) is 0 Å². The van der Waals surface area contributed by atoms with E-state index in [1.165, 1.54) is 5.56 Å². The lowest BCUT2D eigenvalue weighted by Crippen LogP contribution is -2.17. The molecule has 3 nitrogen and oxygen atoms in total. The second-order valence-electron chi connectivity index (χ2n) is 4.94. The van der Waals surface area contributed by atoms with Crippen molar-refractivity contribution in [2.75, 3.05) is 13.3 Å². The quantitative estimate of drug-likeness (QED) is 0.589. The van der Waals surface area contributed by atoms with Gasteiger partial charge in [-0.25, -0.2) is 0 Å². The van der Waals surface area contributed by atoms with Gasteiger partial charge in [0.05, 0.1) is 6.61 Å². The van der Waals surface area contributed by atoms with E-state index in [1.807, 2.05) is 42.5 Å². The second-order valence-corrected chi connectivity index (χ2v) is 4.94. The molecule has 0 aromatic heterocycles. The van der Waals surface area contributed by atoms with Crippen molar-refractivity contribution in [2.45, 2.75) is 26.5 Å². The number of rotatable bonds is 8. The molecule has 0 spiro atoms. The van der Waals surface area contributed by atoms with Crippen LogP contribution in [0.1, 0.15) is 31.0 Å². The van der Waals surface area contributed by atoms with Crippen LogP contribution in [0.2, 0.25) is 0 Å². The minimum Gasteiger partial charge on any atom is -0.468 e. The highest BCUT2D eigenvalue weighted by Crippen LogP contribution is 2.17. The zero-order chi connectivity index (χ0) is 14.9. The third-order valence-corrected chi connectivity index (χ3v) is 3.31. The Balaban J connectivity index is 1.73. The van der Waals surface area contributed by atoms with Crippen LogP contribution in [0.5, 0.6) is 5.75 Å². The van der Waals surface area contributed by atoms with E-state index >= 15 is 0 Å². The molecule has 2 aromatic carbocycles. The molecule has 1 unspecified atom stereocenters. The van der Waals surface area contributed by atoms with Crippen LogP contribution >= 0.6 is 0 Å². The average Bonchev–Trinajstić information content (AvgIpc) is 2.53. The summed E-state index contributed by atoms with van der Waals surface area (Å²) in [4.78, 5) is 0. The maximum absolute atomic E-state index is 5.58. The van der Waals surface area contributed by atoms with Gasteiger partial charge in [-0.3, -0.25) is 0 Å². The first-order valence-corrected chi connectivity index (χ1v) is 7.37. The number of nitrogens with one attached hydrogen (secondary N) is 1. The molecule has 0 saturated carbocycles. The molecule has 0 saturated heterocycles. The number of benzene rings is 2. The average molecular weight is 285 g/mol. The SMILES string of the molecule is CCNC(C)c1ccc(OCOCc2ccccc2)cc1. The molecule has 0 aliphatic heterocycles. The Kier molecular flexibility index (Phi) is 6.25. The fourth-order valence-electron chi connectivity index (χ4n) is 2.12. The molecule has 0 amide bonds. The van der Waals surface area contributed by atoms with E-state index in [-0.39, 0.29) is 6.79 Å². The summed E-state index contributed by atoms with van der Waals surface area (Å²) in [6.45, 7) is 6.06.